The van der Waals surface area contributed by atoms with E-state index in [0.29, 0.717) is 23.9 Å². The zero-order valence-corrected chi connectivity index (χ0v) is 31.7. The molecule has 0 spiro atoms. The van der Waals surface area contributed by atoms with Crippen molar-refractivity contribution in [2.24, 2.45) is 10.8 Å². The fourth-order valence-corrected chi connectivity index (χ4v) is 9.33. The lowest BCUT2D eigenvalue weighted by Gasteiger charge is -2.31. The van der Waals surface area contributed by atoms with Crippen molar-refractivity contribution in [2.45, 2.75) is 79.7 Å². The van der Waals surface area contributed by atoms with Gasteiger partial charge in [0.15, 0.2) is 0 Å². The van der Waals surface area contributed by atoms with Crippen molar-refractivity contribution < 1.29 is 19.8 Å². The lowest BCUT2D eigenvalue weighted by molar-refractivity contribution is 0.0956. The van der Waals surface area contributed by atoms with Crippen LogP contribution in [0.25, 0.3) is 0 Å². The second-order valence-electron chi connectivity index (χ2n) is 15.0. The quantitative estimate of drug-likeness (QED) is 0.220. The van der Waals surface area contributed by atoms with E-state index in [2.05, 4.69) is 87.5 Å². The summed E-state index contributed by atoms with van der Waals surface area (Å²) in [6, 6.07) is 15.7. The molecule has 2 aliphatic heterocycles. The summed E-state index contributed by atoms with van der Waals surface area (Å²) in [6.45, 7) is 11.9. The molecule has 2 aliphatic carbocycles. The molecule has 0 radical (unpaired) electrons. The van der Waals surface area contributed by atoms with E-state index in [0.717, 1.165) is 80.7 Å². The molecule has 2 aromatic carbocycles. The molecule has 10 heteroatoms. The van der Waals surface area contributed by atoms with Crippen LogP contribution in [-0.4, -0.2) is 44.3 Å². The van der Waals surface area contributed by atoms with Crippen LogP contribution in [0.2, 0.25) is 0 Å². The van der Waals surface area contributed by atoms with Crippen LogP contribution in [0, 0.1) is 14.4 Å². The molecule has 4 aromatic rings. The molecule has 0 atom stereocenters. The molecule has 0 bridgehead atoms. The Bertz CT molecular complexity index is 1820. The Balaban J connectivity index is 0.000000152. The third-order valence-corrected chi connectivity index (χ3v) is 12.1. The van der Waals surface area contributed by atoms with Gasteiger partial charge in [-0.25, -0.2) is 0 Å². The number of aromatic nitrogens is 2. The van der Waals surface area contributed by atoms with Crippen molar-refractivity contribution in [2.75, 3.05) is 22.9 Å². The minimum atomic E-state index is -0.0910. The van der Waals surface area contributed by atoms with Crippen LogP contribution in [0.5, 0.6) is 0 Å². The largest absolute Gasteiger partial charge is 0.392 e. The number of carbonyl (C=O) groups excluding carboxylic acids is 2. The molecule has 0 saturated carbocycles. The third kappa shape index (κ3) is 5.76. The van der Waals surface area contributed by atoms with Gasteiger partial charge in [0.05, 0.1) is 24.6 Å². The number of fused-ring (bicyclic) bond motifs is 6. The Morgan fingerprint density at radius 3 is 1.62 bits per heavy atom. The lowest BCUT2D eigenvalue weighted by atomic mass is 9.90. The van der Waals surface area contributed by atoms with Crippen LogP contribution in [0.4, 0.5) is 11.4 Å². The number of anilines is 2. The number of aliphatic hydroxyl groups excluding tert-OH is 2. The van der Waals surface area contributed by atoms with Gasteiger partial charge in [0.2, 0.25) is 0 Å². The first-order valence-electron chi connectivity index (χ1n) is 16.7. The first kappa shape index (κ1) is 33.6. The molecule has 252 valence electrons. The highest BCUT2D eigenvalue weighted by molar-refractivity contribution is 14.1. The van der Waals surface area contributed by atoms with Gasteiger partial charge >= 0.3 is 0 Å². The van der Waals surface area contributed by atoms with Gasteiger partial charge in [0, 0.05) is 56.7 Å². The summed E-state index contributed by atoms with van der Waals surface area (Å²) in [5.41, 5.74) is 10.7. The molecule has 2 amide bonds. The maximum atomic E-state index is 13.1. The molecule has 0 fully saturated rings. The molecule has 4 heterocycles. The number of halogens is 2. The molecule has 4 aliphatic rings. The van der Waals surface area contributed by atoms with Crippen LogP contribution < -0.4 is 9.80 Å². The number of aliphatic hydroxyl groups is 2. The van der Waals surface area contributed by atoms with E-state index in [1.165, 1.54) is 22.5 Å². The second kappa shape index (κ2) is 12.4. The maximum absolute atomic E-state index is 13.1. The highest BCUT2D eigenvalue weighted by Crippen LogP contribution is 2.41. The van der Waals surface area contributed by atoms with Gasteiger partial charge in [0.25, 0.3) is 11.8 Å². The summed E-state index contributed by atoms with van der Waals surface area (Å²) in [6.07, 6.45) is 4.16. The minimum absolute atomic E-state index is 0.0289. The standard InChI is InChI=1S/C19H21BrN2O2.C19H21IN2O2/c2*1-19(2)9-12-8-16-18(24)22(7-6-21(16)17(12)10-19)15-5-3-4-14(20)13(15)11-23/h2*3-5,8,23H,6-7,9-11H2,1-2H3. The van der Waals surface area contributed by atoms with E-state index >= 15 is 0 Å². The molecule has 2 aromatic heterocycles. The number of carbonyl (C=O) groups is 2. The predicted molar refractivity (Wildman–Crippen MR) is 200 cm³/mol. The molecular formula is C38H42BrIN4O4. The Hall–Kier alpha value is -2.93. The Kier molecular flexibility index (Phi) is 8.70. The van der Waals surface area contributed by atoms with Gasteiger partial charge in [0.1, 0.15) is 11.4 Å². The maximum Gasteiger partial charge on any atom is 0.274 e. The van der Waals surface area contributed by atoms with E-state index in [9.17, 15) is 19.8 Å². The second-order valence-corrected chi connectivity index (χ2v) is 17.1. The van der Waals surface area contributed by atoms with E-state index in [-0.39, 0.29) is 25.0 Å². The van der Waals surface area contributed by atoms with Crippen molar-refractivity contribution in [3.05, 3.63) is 102 Å². The fourth-order valence-electron chi connectivity index (χ4n) is 8.19. The van der Waals surface area contributed by atoms with Gasteiger partial charge < -0.3 is 29.1 Å². The van der Waals surface area contributed by atoms with Crippen molar-refractivity contribution in [1.82, 2.24) is 9.13 Å². The van der Waals surface area contributed by atoms with Crippen molar-refractivity contribution >= 4 is 61.7 Å². The number of benzene rings is 2. The van der Waals surface area contributed by atoms with Crippen LogP contribution in [0.1, 0.15) is 82.3 Å². The van der Waals surface area contributed by atoms with Crippen molar-refractivity contribution in [3.8, 4) is 0 Å². The minimum Gasteiger partial charge on any atom is -0.392 e. The zero-order chi connectivity index (χ0) is 34.1. The van der Waals surface area contributed by atoms with Gasteiger partial charge in [-0.3, -0.25) is 9.59 Å². The number of hydrogen-bond acceptors (Lipinski definition) is 4. The zero-order valence-electron chi connectivity index (χ0n) is 27.9. The van der Waals surface area contributed by atoms with E-state index < -0.39 is 0 Å². The average Bonchev–Trinajstić information content (AvgIpc) is 3.73. The molecular weight excluding hydrogens is 783 g/mol. The normalized spacial score (nSPS) is 18.7. The van der Waals surface area contributed by atoms with E-state index in [1.54, 1.807) is 4.90 Å². The highest BCUT2D eigenvalue weighted by atomic mass is 127. The summed E-state index contributed by atoms with van der Waals surface area (Å²) in [4.78, 5) is 29.8. The average molecular weight is 826 g/mol. The van der Waals surface area contributed by atoms with Crippen LogP contribution in [0.3, 0.4) is 0 Å². The molecule has 0 unspecified atom stereocenters. The highest BCUT2D eigenvalue weighted by Gasteiger charge is 2.38. The van der Waals surface area contributed by atoms with Gasteiger partial charge in [-0.2, -0.15) is 0 Å². The fraction of sp³-hybridized carbons (Fsp3) is 0.421. The monoisotopic (exact) mass is 824 g/mol. The Labute approximate surface area is 304 Å². The first-order valence-corrected chi connectivity index (χ1v) is 18.5. The SMILES string of the molecule is CC1(C)Cc2cc3n(c2C1)CCN(c1cccc(Br)c1CO)C3=O.CC1(C)Cc2cc3n(c2C1)CCN(c1cccc(I)c1CO)C3=O. The van der Waals surface area contributed by atoms with Gasteiger partial charge in [-0.05, 0) is 107 Å². The van der Waals surface area contributed by atoms with Gasteiger partial charge in [-0.1, -0.05) is 55.8 Å². The molecule has 48 heavy (non-hydrogen) atoms. The number of amides is 2. The van der Waals surface area contributed by atoms with Crippen molar-refractivity contribution in [1.29, 1.82) is 0 Å². The van der Waals surface area contributed by atoms with E-state index in [1.807, 2.05) is 41.3 Å². The summed E-state index contributed by atoms with van der Waals surface area (Å²) < 4.78 is 6.25. The van der Waals surface area contributed by atoms with Crippen LogP contribution in [0.15, 0.2) is 53.0 Å². The summed E-state index contributed by atoms with van der Waals surface area (Å²) >= 11 is 5.69. The third-order valence-electron chi connectivity index (χ3n) is 10.3. The Morgan fingerprint density at radius 1 is 0.688 bits per heavy atom. The van der Waals surface area contributed by atoms with Gasteiger partial charge in [-0.15, -0.1) is 0 Å². The number of hydrogen-bond donors (Lipinski definition) is 2. The van der Waals surface area contributed by atoms with Crippen molar-refractivity contribution in [3.63, 3.8) is 0 Å². The first-order chi connectivity index (χ1) is 22.8. The number of nitrogens with zero attached hydrogens (tertiary/aromatic N) is 4. The molecule has 0 saturated heterocycles. The predicted octanol–water partition coefficient (Wildman–Crippen LogP) is 6.90. The van der Waals surface area contributed by atoms with E-state index in [4.69, 9.17) is 0 Å². The molecule has 8 rings (SSSR count). The molecule has 2 N–H and O–H groups in total. The smallest absolute Gasteiger partial charge is 0.274 e. The molecule has 8 nitrogen and oxygen atoms in total. The lowest BCUT2D eigenvalue weighted by Crippen LogP contribution is -2.41. The van der Waals surface area contributed by atoms with Crippen LogP contribution in [-0.2, 0) is 52.0 Å². The summed E-state index contributed by atoms with van der Waals surface area (Å²) in [7, 11) is 0. The summed E-state index contributed by atoms with van der Waals surface area (Å²) in [5, 5.41) is 19.4. The van der Waals surface area contributed by atoms with Crippen LogP contribution >= 0.6 is 38.5 Å². The summed E-state index contributed by atoms with van der Waals surface area (Å²) in [5.74, 6) is 0.0754. The Morgan fingerprint density at radius 2 is 1.15 bits per heavy atom. The topological polar surface area (TPSA) is 90.9 Å². The number of rotatable bonds is 4.